The summed E-state index contributed by atoms with van der Waals surface area (Å²) in [4.78, 5) is 0. The Morgan fingerprint density at radius 1 is 1.00 bits per heavy atom. The van der Waals surface area contributed by atoms with Crippen LogP contribution in [0.25, 0.3) is 0 Å². The zero-order chi connectivity index (χ0) is 18.5. The van der Waals surface area contributed by atoms with Gasteiger partial charge >= 0.3 is 7.12 Å². The summed E-state index contributed by atoms with van der Waals surface area (Å²) in [6.45, 7) is 13.5. The van der Waals surface area contributed by atoms with Crippen molar-refractivity contribution >= 4 is 15.2 Å². The molecule has 2 N–H and O–H groups in total. The Morgan fingerprint density at radius 3 is 1.79 bits per heavy atom. The van der Waals surface area contributed by atoms with Crippen molar-refractivity contribution in [3.63, 3.8) is 0 Å². The SMILES string of the molecule is CC(C)[Si](C(C)C)(C(C)C)C(C#N)(CCB(O)O)c1ccccc1. The van der Waals surface area contributed by atoms with Crippen LogP contribution >= 0.6 is 0 Å². The highest BCUT2D eigenvalue weighted by Crippen LogP contribution is 2.55. The number of hydrogen-bond acceptors (Lipinski definition) is 3. The Balaban J connectivity index is 3.74. The molecule has 0 saturated carbocycles. The van der Waals surface area contributed by atoms with E-state index in [1.165, 1.54) is 0 Å². The molecule has 132 valence electrons. The molecule has 1 aromatic carbocycles. The lowest BCUT2D eigenvalue weighted by atomic mass is 9.79. The van der Waals surface area contributed by atoms with E-state index in [0.717, 1.165) is 5.56 Å². The first-order chi connectivity index (χ1) is 11.2. The van der Waals surface area contributed by atoms with Crippen molar-refractivity contribution in [2.24, 2.45) is 0 Å². The quantitative estimate of drug-likeness (QED) is 0.681. The van der Waals surface area contributed by atoms with Crippen molar-refractivity contribution in [2.45, 2.75) is 75.9 Å². The summed E-state index contributed by atoms with van der Waals surface area (Å²) in [7, 11) is -3.57. The van der Waals surface area contributed by atoms with Crippen molar-refractivity contribution < 1.29 is 10.0 Å². The van der Waals surface area contributed by atoms with Crippen LogP contribution in [0.2, 0.25) is 22.9 Å². The summed E-state index contributed by atoms with van der Waals surface area (Å²) in [5, 5.41) is 28.8. The molecule has 0 heterocycles. The van der Waals surface area contributed by atoms with Gasteiger partial charge in [0.15, 0.2) is 0 Å². The summed E-state index contributed by atoms with van der Waals surface area (Å²) in [6.07, 6.45) is 0.718. The minimum absolute atomic E-state index is 0.226. The molecule has 0 fully saturated rings. The van der Waals surface area contributed by atoms with Crippen LogP contribution in [-0.2, 0) is 5.04 Å². The van der Waals surface area contributed by atoms with Gasteiger partial charge in [-0.2, -0.15) is 5.26 Å². The second kappa shape index (κ2) is 8.33. The van der Waals surface area contributed by atoms with Gasteiger partial charge in [0.2, 0.25) is 0 Å². The molecule has 0 aliphatic carbocycles. The Kier molecular flexibility index (Phi) is 7.28. The largest absolute Gasteiger partial charge is 0.451 e. The van der Waals surface area contributed by atoms with Gasteiger partial charge < -0.3 is 10.0 Å². The summed E-state index contributed by atoms with van der Waals surface area (Å²) in [5.41, 5.74) is 2.27. The van der Waals surface area contributed by atoms with Crippen LogP contribution in [0.5, 0.6) is 0 Å². The van der Waals surface area contributed by atoms with Crippen LogP contribution in [0.3, 0.4) is 0 Å². The molecule has 0 spiro atoms. The predicted molar refractivity (Wildman–Crippen MR) is 104 cm³/mol. The zero-order valence-corrected chi connectivity index (χ0v) is 17.0. The lowest BCUT2D eigenvalue weighted by Crippen LogP contribution is -2.62. The predicted octanol–water partition coefficient (Wildman–Crippen LogP) is 4.53. The molecule has 5 heteroatoms. The number of rotatable bonds is 8. The standard InChI is InChI=1S/C19H32BNO2Si/c1-15(2)24(16(3)4,17(5)6)19(14-21,12-13-20(22)23)18-10-8-7-9-11-18/h7-11,15-17,22-23H,12-13H2,1-6H3. The van der Waals surface area contributed by atoms with Crippen LogP contribution < -0.4 is 0 Å². The molecule has 0 saturated heterocycles. The van der Waals surface area contributed by atoms with Gasteiger partial charge in [-0.05, 0) is 34.9 Å². The van der Waals surface area contributed by atoms with Crippen LogP contribution in [0.4, 0.5) is 0 Å². The maximum absolute atomic E-state index is 10.4. The van der Waals surface area contributed by atoms with Crippen LogP contribution in [0.1, 0.15) is 53.5 Å². The Hall–Kier alpha value is -1.09. The van der Waals surface area contributed by atoms with E-state index < -0.39 is 20.2 Å². The van der Waals surface area contributed by atoms with E-state index in [-0.39, 0.29) is 6.32 Å². The van der Waals surface area contributed by atoms with Crippen molar-refractivity contribution in [3.8, 4) is 6.07 Å². The Morgan fingerprint density at radius 2 is 1.46 bits per heavy atom. The summed E-state index contributed by atoms with van der Waals surface area (Å²) < 4.78 is 0. The van der Waals surface area contributed by atoms with Crippen LogP contribution in [0, 0.1) is 11.3 Å². The van der Waals surface area contributed by atoms with Gasteiger partial charge in [-0.1, -0.05) is 71.9 Å². The molecule has 0 aliphatic rings. The van der Waals surface area contributed by atoms with E-state index in [9.17, 15) is 15.3 Å². The van der Waals surface area contributed by atoms with Gasteiger partial charge in [0.25, 0.3) is 0 Å². The van der Waals surface area contributed by atoms with E-state index in [4.69, 9.17) is 0 Å². The molecule has 1 aromatic rings. The fraction of sp³-hybridized carbons (Fsp3) is 0.632. The summed E-state index contributed by atoms with van der Waals surface area (Å²) in [5.74, 6) is 0. The first kappa shape index (κ1) is 21.0. The highest BCUT2D eigenvalue weighted by Gasteiger charge is 2.59. The van der Waals surface area contributed by atoms with Gasteiger partial charge in [0.05, 0.1) is 19.2 Å². The molecule has 1 unspecified atom stereocenters. The fourth-order valence-electron chi connectivity index (χ4n) is 5.37. The van der Waals surface area contributed by atoms with E-state index in [0.29, 0.717) is 23.0 Å². The number of nitriles is 1. The first-order valence-electron chi connectivity index (χ1n) is 8.99. The average molecular weight is 345 g/mol. The maximum atomic E-state index is 10.4. The van der Waals surface area contributed by atoms with Gasteiger partial charge in [-0.3, -0.25) is 0 Å². The highest BCUT2D eigenvalue weighted by atomic mass is 28.3. The summed E-state index contributed by atoms with van der Waals surface area (Å²) in [6, 6.07) is 12.7. The molecular formula is C19H32BNO2Si. The summed E-state index contributed by atoms with van der Waals surface area (Å²) >= 11 is 0. The zero-order valence-electron chi connectivity index (χ0n) is 16.0. The second-order valence-electron chi connectivity index (χ2n) is 7.80. The molecule has 0 amide bonds. The second-order valence-corrected chi connectivity index (χ2v) is 14.0. The third-order valence-electron chi connectivity index (χ3n) is 5.84. The molecule has 0 bridgehead atoms. The molecule has 0 aliphatic heterocycles. The molecule has 0 radical (unpaired) electrons. The average Bonchev–Trinajstić information content (AvgIpc) is 2.50. The molecule has 1 atom stereocenters. The lowest BCUT2D eigenvalue weighted by Gasteiger charge is -2.54. The molecule has 0 aromatic heterocycles. The fourth-order valence-corrected chi connectivity index (χ4v) is 13.8. The van der Waals surface area contributed by atoms with Crippen molar-refractivity contribution in [2.75, 3.05) is 0 Å². The van der Waals surface area contributed by atoms with Crippen molar-refractivity contribution in [3.05, 3.63) is 35.9 Å². The molecule has 3 nitrogen and oxygen atoms in total. The van der Waals surface area contributed by atoms with Gasteiger partial charge in [-0.15, -0.1) is 0 Å². The molecular weight excluding hydrogens is 313 g/mol. The monoisotopic (exact) mass is 345 g/mol. The Labute approximate surface area is 148 Å². The van der Waals surface area contributed by atoms with E-state index in [2.05, 4.69) is 47.6 Å². The highest BCUT2D eigenvalue weighted by molar-refractivity contribution is 6.86. The minimum atomic E-state index is -2.20. The maximum Gasteiger partial charge on any atom is 0.451 e. The first-order valence-corrected chi connectivity index (χ1v) is 11.2. The van der Waals surface area contributed by atoms with Gasteiger partial charge in [0.1, 0.15) is 0 Å². The van der Waals surface area contributed by atoms with Crippen molar-refractivity contribution in [1.29, 1.82) is 5.26 Å². The smallest absolute Gasteiger partial charge is 0.427 e. The minimum Gasteiger partial charge on any atom is -0.427 e. The lowest BCUT2D eigenvalue weighted by molar-refractivity contribution is 0.398. The third-order valence-corrected chi connectivity index (χ3v) is 13.7. The van der Waals surface area contributed by atoms with E-state index in [1.807, 2.05) is 30.3 Å². The number of hydrogen-bond donors (Lipinski definition) is 2. The molecule has 24 heavy (non-hydrogen) atoms. The Bertz CT molecular complexity index is 532. The van der Waals surface area contributed by atoms with Crippen molar-refractivity contribution in [1.82, 2.24) is 0 Å². The van der Waals surface area contributed by atoms with Gasteiger partial charge in [-0.25, -0.2) is 0 Å². The van der Waals surface area contributed by atoms with E-state index >= 15 is 0 Å². The number of benzene rings is 1. The van der Waals surface area contributed by atoms with Crippen LogP contribution in [0.15, 0.2) is 30.3 Å². The topological polar surface area (TPSA) is 64.2 Å². The van der Waals surface area contributed by atoms with Gasteiger partial charge in [0, 0.05) is 0 Å². The molecule has 1 rings (SSSR count). The normalized spacial score (nSPS) is 14.8. The number of nitrogens with zero attached hydrogens (tertiary/aromatic N) is 1. The third kappa shape index (κ3) is 3.47. The van der Waals surface area contributed by atoms with E-state index in [1.54, 1.807) is 0 Å². The van der Waals surface area contributed by atoms with Crippen LogP contribution in [-0.4, -0.2) is 25.2 Å².